The molecule has 27 heavy (non-hydrogen) atoms. The van der Waals surface area contributed by atoms with Crippen molar-refractivity contribution in [2.24, 2.45) is 0 Å². The minimum absolute atomic E-state index is 0.0161. The van der Waals surface area contributed by atoms with E-state index in [0.717, 1.165) is 44.3 Å². The van der Waals surface area contributed by atoms with Gasteiger partial charge in [-0.2, -0.15) is 0 Å². The molecule has 2 aliphatic rings. The molecule has 1 aromatic rings. The minimum atomic E-state index is -0.0161. The second kappa shape index (κ2) is 10.7. The highest BCUT2D eigenvalue weighted by atomic mass is 16.5. The first-order valence-corrected chi connectivity index (χ1v) is 11.2. The molecule has 3 heteroatoms. The smallest absolute Gasteiger partial charge is 0.306 e. The SMILES string of the molecule is CCCCCC(=O)O[C@@H]1CCCC[C@H]1c1ccc(OC2CCCCC2)cc1. The lowest BCUT2D eigenvalue weighted by molar-refractivity contribution is -0.151. The molecule has 2 aliphatic carbocycles. The number of unbranched alkanes of at least 4 members (excludes halogenated alkanes) is 2. The van der Waals surface area contributed by atoms with Gasteiger partial charge in [-0.05, 0) is 69.1 Å². The fourth-order valence-electron chi connectivity index (χ4n) is 4.54. The van der Waals surface area contributed by atoms with Crippen LogP contribution in [0.4, 0.5) is 0 Å². The molecule has 0 N–H and O–H groups in total. The summed E-state index contributed by atoms with van der Waals surface area (Å²) in [5, 5.41) is 0. The molecule has 0 aliphatic heterocycles. The second-order valence-corrected chi connectivity index (χ2v) is 8.32. The lowest BCUT2D eigenvalue weighted by atomic mass is 9.81. The molecule has 0 saturated heterocycles. The molecule has 150 valence electrons. The van der Waals surface area contributed by atoms with Gasteiger partial charge in [-0.1, -0.05) is 44.7 Å². The van der Waals surface area contributed by atoms with Gasteiger partial charge in [0.2, 0.25) is 0 Å². The lowest BCUT2D eigenvalue weighted by Crippen LogP contribution is -2.28. The number of esters is 1. The molecular weight excluding hydrogens is 336 g/mol. The predicted octanol–water partition coefficient (Wildman–Crippen LogP) is 6.55. The molecule has 2 fully saturated rings. The Morgan fingerprint density at radius 1 is 0.926 bits per heavy atom. The molecule has 0 bridgehead atoms. The van der Waals surface area contributed by atoms with Crippen molar-refractivity contribution in [1.82, 2.24) is 0 Å². The van der Waals surface area contributed by atoms with Crippen molar-refractivity contribution in [2.75, 3.05) is 0 Å². The van der Waals surface area contributed by atoms with E-state index < -0.39 is 0 Å². The van der Waals surface area contributed by atoms with Gasteiger partial charge in [0.1, 0.15) is 11.9 Å². The summed E-state index contributed by atoms with van der Waals surface area (Å²) in [6.45, 7) is 2.16. The van der Waals surface area contributed by atoms with Crippen molar-refractivity contribution in [3.63, 3.8) is 0 Å². The summed E-state index contributed by atoms with van der Waals surface area (Å²) in [4.78, 5) is 12.2. The average Bonchev–Trinajstić information content (AvgIpc) is 2.70. The molecule has 0 heterocycles. The Labute approximate surface area is 164 Å². The van der Waals surface area contributed by atoms with E-state index in [1.807, 2.05) is 0 Å². The number of hydrogen-bond acceptors (Lipinski definition) is 3. The van der Waals surface area contributed by atoms with E-state index in [4.69, 9.17) is 9.47 Å². The van der Waals surface area contributed by atoms with Crippen molar-refractivity contribution in [1.29, 1.82) is 0 Å². The van der Waals surface area contributed by atoms with Gasteiger partial charge >= 0.3 is 5.97 Å². The Hall–Kier alpha value is -1.51. The van der Waals surface area contributed by atoms with Crippen LogP contribution in [0.3, 0.4) is 0 Å². The first-order valence-electron chi connectivity index (χ1n) is 11.2. The van der Waals surface area contributed by atoms with Crippen LogP contribution in [-0.4, -0.2) is 18.2 Å². The predicted molar refractivity (Wildman–Crippen MR) is 109 cm³/mol. The number of ether oxygens (including phenoxy) is 2. The maximum atomic E-state index is 12.2. The Kier molecular flexibility index (Phi) is 8.04. The van der Waals surface area contributed by atoms with Crippen LogP contribution >= 0.6 is 0 Å². The molecule has 0 unspecified atom stereocenters. The van der Waals surface area contributed by atoms with Crippen LogP contribution < -0.4 is 4.74 Å². The molecule has 2 saturated carbocycles. The summed E-state index contributed by atoms with van der Waals surface area (Å²) >= 11 is 0. The van der Waals surface area contributed by atoms with Crippen LogP contribution in [0.1, 0.15) is 102 Å². The van der Waals surface area contributed by atoms with Crippen molar-refractivity contribution in [2.45, 2.75) is 109 Å². The van der Waals surface area contributed by atoms with Crippen molar-refractivity contribution >= 4 is 5.97 Å². The van der Waals surface area contributed by atoms with Gasteiger partial charge in [-0.25, -0.2) is 0 Å². The number of rotatable bonds is 8. The highest BCUT2D eigenvalue weighted by Gasteiger charge is 2.29. The molecule has 3 rings (SSSR count). The van der Waals surface area contributed by atoms with Crippen molar-refractivity contribution < 1.29 is 14.3 Å². The van der Waals surface area contributed by atoms with Crippen LogP contribution in [0.2, 0.25) is 0 Å². The zero-order valence-electron chi connectivity index (χ0n) is 17.0. The molecule has 1 aromatic carbocycles. The third kappa shape index (κ3) is 6.26. The topological polar surface area (TPSA) is 35.5 Å². The highest BCUT2D eigenvalue weighted by Crippen LogP contribution is 2.36. The van der Waals surface area contributed by atoms with E-state index in [1.165, 1.54) is 44.1 Å². The van der Waals surface area contributed by atoms with Crippen LogP contribution in [-0.2, 0) is 9.53 Å². The molecule has 0 aromatic heterocycles. The van der Waals surface area contributed by atoms with Gasteiger partial charge < -0.3 is 9.47 Å². The van der Waals surface area contributed by atoms with Crippen molar-refractivity contribution in [3.05, 3.63) is 29.8 Å². The average molecular weight is 373 g/mol. The summed E-state index contributed by atoms with van der Waals surface area (Å²) in [5.41, 5.74) is 1.29. The largest absolute Gasteiger partial charge is 0.490 e. The zero-order valence-corrected chi connectivity index (χ0v) is 17.0. The Morgan fingerprint density at radius 2 is 1.63 bits per heavy atom. The quantitative estimate of drug-likeness (QED) is 0.383. The lowest BCUT2D eigenvalue weighted by Gasteiger charge is -2.31. The first-order chi connectivity index (χ1) is 13.3. The van der Waals surface area contributed by atoms with E-state index in [9.17, 15) is 4.79 Å². The van der Waals surface area contributed by atoms with Crippen LogP contribution in [0.5, 0.6) is 5.75 Å². The fraction of sp³-hybridized carbons (Fsp3) is 0.708. The molecule has 3 nitrogen and oxygen atoms in total. The maximum Gasteiger partial charge on any atom is 0.306 e. The van der Waals surface area contributed by atoms with Gasteiger partial charge in [0.05, 0.1) is 6.10 Å². The van der Waals surface area contributed by atoms with Gasteiger partial charge in [0.25, 0.3) is 0 Å². The summed E-state index contributed by atoms with van der Waals surface area (Å²) < 4.78 is 12.0. The minimum Gasteiger partial charge on any atom is -0.490 e. The standard InChI is InChI=1S/C24H36O3/c1-2-3-5-14-24(25)27-23-13-9-8-12-22(23)19-15-17-21(18-16-19)26-20-10-6-4-7-11-20/h15-18,20,22-23H,2-14H2,1H3/t22-,23+/m0/s1. The molecular formula is C24H36O3. The number of carbonyl (C=O) groups is 1. The molecule has 0 spiro atoms. The van der Waals surface area contributed by atoms with Gasteiger partial charge in [-0.15, -0.1) is 0 Å². The summed E-state index contributed by atoms with van der Waals surface area (Å²) in [6, 6.07) is 8.59. The van der Waals surface area contributed by atoms with Gasteiger partial charge in [-0.3, -0.25) is 4.79 Å². The fourth-order valence-corrected chi connectivity index (χ4v) is 4.54. The third-order valence-corrected chi connectivity index (χ3v) is 6.13. The summed E-state index contributed by atoms with van der Waals surface area (Å²) in [7, 11) is 0. The number of carbonyl (C=O) groups excluding carboxylic acids is 1. The van der Waals surface area contributed by atoms with E-state index in [0.29, 0.717) is 18.4 Å². The van der Waals surface area contributed by atoms with E-state index in [2.05, 4.69) is 31.2 Å². The summed E-state index contributed by atoms with van der Waals surface area (Å²) in [6.07, 6.45) is 14.9. The van der Waals surface area contributed by atoms with Crippen LogP contribution in [0.15, 0.2) is 24.3 Å². The van der Waals surface area contributed by atoms with Gasteiger partial charge in [0, 0.05) is 12.3 Å². The molecule has 2 atom stereocenters. The van der Waals surface area contributed by atoms with E-state index in [1.54, 1.807) is 0 Å². The van der Waals surface area contributed by atoms with E-state index >= 15 is 0 Å². The van der Waals surface area contributed by atoms with Crippen molar-refractivity contribution in [3.8, 4) is 5.75 Å². The monoisotopic (exact) mass is 372 g/mol. The van der Waals surface area contributed by atoms with Crippen LogP contribution in [0, 0.1) is 0 Å². The Morgan fingerprint density at radius 3 is 2.37 bits per heavy atom. The maximum absolute atomic E-state index is 12.2. The highest BCUT2D eigenvalue weighted by molar-refractivity contribution is 5.69. The molecule has 0 radical (unpaired) electrons. The van der Waals surface area contributed by atoms with E-state index in [-0.39, 0.29) is 12.1 Å². The van der Waals surface area contributed by atoms with Gasteiger partial charge in [0.15, 0.2) is 0 Å². The molecule has 0 amide bonds. The normalized spacial score (nSPS) is 23.7. The Balaban J connectivity index is 1.56. The number of hydrogen-bond donors (Lipinski definition) is 0. The Bertz CT molecular complexity index is 559. The van der Waals surface area contributed by atoms with Crippen LogP contribution in [0.25, 0.3) is 0 Å². The first kappa shape index (κ1) is 20.2. The zero-order chi connectivity index (χ0) is 18.9. The summed E-state index contributed by atoms with van der Waals surface area (Å²) in [5.74, 6) is 1.30. The number of benzene rings is 1. The second-order valence-electron chi connectivity index (χ2n) is 8.32. The third-order valence-electron chi connectivity index (χ3n) is 6.13.